The third-order valence-corrected chi connectivity index (χ3v) is 4.62. The summed E-state index contributed by atoms with van der Waals surface area (Å²) in [5, 5.41) is 14.6. The zero-order valence-electron chi connectivity index (χ0n) is 16.2. The maximum Gasteiger partial charge on any atom is 0.342 e. The third-order valence-electron chi connectivity index (χ3n) is 4.17. The third kappa shape index (κ3) is 4.96. The van der Waals surface area contributed by atoms with Crippen LogP contribution in [-0.2, 0) is 13.1 Å². The summed E-state index contributed by atoms with van der Waals surface area (Å²) in [6.45, 7) is 6.35. The molecule has 3 aromatic heterocycles. The lowest BCUT2D eigenvalue weighted by molar-refractivity contribution is -0.392. The monoisotopic (exact) mass is 417 g/mol. The molecule has 0 bridgehead atoms. The van der Waals surface area contributed by atoms with Gasteiger partial charge < -0.3 is 20.2 Å². The number of hydrogen-bond donors (Lipinski definition) is 1. The Hall–Kier alpha value is -3.27. The quantitative estimate of drug-likeness (QED) is 0.438. The van der Waals surface area contributed by atoms with Crippen LogP contribution < -0.4 is 10.1 Å². The van der Waals surface area contributed by atoms with Crippen LogP contribution in [0.3, 0.4) is 0 Å². The Bertz CT molecular complexity index is 1020. The van der Waals surface area contributed by atoms with E-state index in [2.05, 4.69) is 25.3 Å². The number of nitrogens with one attached hydrogen (secondary N) is 1. The number of ether oxygens (including phenoxy) is 1. The van der Waals surface area contributed by atoms with Crippen molar-refractivity contribution >= 4 is 23.2 Å². The van der Waals surface area contributed by atoms with Gasteiger partial charge in [0.05, 0.1) is 24.1 Å². The van der Waals surface area contributed by atoms with E-state index in [9.17, 15) is 10.1 Å². The standard InChI is InChI=1S/C18H20ClN7O3/c1-11-17(19)18(24-12(2)23-11)22-8-14-4-5-15(9-21-14)29-7-6-25-13(3)20-10-16(25)26(27)28/h4-5,9-10H,6-8H2,1-3H3,(H,22,23,24). The van der Waals surface area contributed by atoms with Gasteiger partial charge in [-0.2, -0.15) is 0 Å². The zero-order chi connectivity index (χ0) is 21.0. The molecule has 0 atom stereocenters. The van der Waals surface area contributed by atoms with Crippen LogP contribution >= 0.6 is 11.6 Å². The number of aromatic nitrogens is 5. The minimum atomic E-state index is -0.462. The zero-order valence-corrected chi connectivity index (χ0v) is 17.0. The van der Waals surface area contributed by atoms with Crippen molar-refractivity contribution in [3.05, 3.63) is 62.7 Å². The Kier molecular flexibility index (Phi) is 6.23. The molecule has 10 nitrogen and oxygen atoms in total. The summed E-state index contributed by atoms with van der Waals surface area (Å²) in [6, 6.07) is 3.61. The highest BCUT2D eigenvalue weighted by atomic mass is 35.5. The maximum absolute atomic E-state index is 11.0. The SMILES string of the molecule is Cc1nc(C)c(Cl)c(NCc2ccc(OCCn3c([N+](=O)[O-])cnc3C)cn2)n1. The largest absolute Gasteiger partial charge is 0.488 e. The molecule has 3 aromatic rings. The lowest BCUT2D eigenvalue weighted by Gasteiger charge is -2.10. The number of imidazole rings is 1. The van der Waals surface area contributed by atoms with E-state index < -0.39 is 4.92 Å². The van der Waals surface area contributed by atoms with Crippen molar-refractivity contribution in [2.24, 2.45) is 0 Å². The van der Waals surface area contributed by atoms with E-state index in [-0.39, 0.29) is 12.4 Å². The number of rotatable bonds is 8. The van der Waals surface area contributed by atoms with E-state index in [1.807, 2.05) is 13.0 Å². The van der Waals surface area contributed by atoms with Crippen LogP contribution in [-0.4, -0.2) is 36.0 Å². The molecule has 152 valence electrons. The highest BCUT2D eigenvalue weighted by Crippen LogP contribution is 2.22. The molecule has 0 spiro atoms. The lowest BCUT2D eigenvalue weighted by Crippen LogP contribution is -2.12. The van der Waals surface area contributed by atoms with Crippen LogP contribution in [0.15, 0.2) is 24.5 Å². The fraction of sp³-hybridized carbons (Fsp3) is 0.333. The maximum atomic E-state index is 11.0. The molecular weight excluding hydrogens is 398 g/mol. The first-order valence-electron chi connectivity index (χ1n) is 8.84. The van der Waals surface area contributed by atoms with Crippen molar-refractivity contribution in [2.45, 2.75) is 33.9 Å². The number of halogens is 1. The Morgan fingerprint density at radius 2 is 2.00 bits per heavy atom. The molecule has 0 fully saturated rings. The highest BCUT2D eigenvalue weighted by Gasteiger charge is 2.17. The molecule has 0 amide bonds. The van der Waals surface area contributed by atoms with Gasteiger partial charge in [0.25, 0.3) is 0 Å². The molecule has 0 radical (unpaired) electrons. The lowest BCUT2D eigenvalue weighted by atomic mass is 10.3. The number of aryl methyl sites for hydroxylation is 3. The van der Waals surface area contributed by atoms with Gasteiger partial charge in [-0.25, -0.2) is 19.5 Å². The number of nitro groups is 1. The first kappa shape index (κ1) is 20.5. The molecule has 11 heteroatoms. The van der Waals surface area contributed by atoms with Gasteiger partial charge in [0.1, 0.15) is 41.8 Å². The van der Waals surface area contributed by atoms with Crippen LogP contribution in [0.2, 0.25) is 5.02 Å². The predicted molar refractivity (Wildman–Crippen MR) is 107 cm³/mol. The van der Waals surface area contributed by atoms with Crippen LogP contribution in [0.25, 0.3) is 0 Å². The van der Waals surface area contributed by atoms with Crippen molar-refractivity contribution in [3.63, 3.8) is 0 Å². The van der Waals surface area contributed by atoms with Gasteiger partial charge in [-0.05, 0) is 30.9 Å². The van der Waals surface area contributed by atoms with Crippen molar-refractivity contribution in [3.8, 4) is 5.75 Å². The first-order chi connectivity index (χ1) is 13.8. The summed E-state index contributed by atoms with van der Waals surface area (Å²) in [7, 11) is 0. The molecule has 0 unspecified atom stereocenters. The Morgan fingerprint density at radius 1 is 1.21 bits per heavy atom. The van der Waals surface area contributed by atoms with E-state index in [1.54, 1.807) is 26.1 Å². The normalized spacial score (nSPS) is 10.8. The van der Waals surface area contributed by atoms with Crippen molar-refractivity contribution in [1.82, 2.24) is 24.5 Å². The molecule has 0 aromatic carbocycles. The number of nitrogens with zero attached hydrogens (tertiary/aromatic N) is 6. The number of hydrogen-bond acceptors (Lipinski definition) is 8. The Balaban J connectivity index is 1.54. The van der Waals surface area contributed by atoms with E-state index in [4.69, 9.17) is 16.3 Å². The Morgan fingerprint density at radius 3 is 2.69 bits per heavy atom. The molecule has 0 saturated carbocycles. The fourth-order valence-corrected chi connectivity index (χ4v) is 2.88. The summed E-state index contributed by atoms with van der Waals surface area (Å²) in [4.78, 5) is 27.4. The van der Waals surface area contributed by atoms with Crippen LogP contribution in [0.5, 0.6) is 5.75 Å². The summed E-state index contributed by atoms with van der Waals surface area (Å²) < 4.78 is 7.14. The van der Waals surface area contributed by atoms with Gasteiger partial charge in [0.2, 0.25) is 0 Å². The van der Waals surface area contributed by atoms with E-state index in [1.165, 1.54) is 10.8 Å². The molecule has 0 saturated heterocycles. The first-order valence-corrected chi connectivity index (χ1v) is 9.22. The second kappa shape index (κ2) is 8.82. The van der Waals surface area contributed by atoms with Crippen LogP contribution in [0.1, 0.15) is 23.0 Å². The molecule has 3 heterocycles. The van der Waals surface area contributed by atoms with Gasteiger partial charge in [0.15, 0.2) is 5.82 Å². The van der Waals surface area contributed by atoms with Crippen LogP contribution in [0, 0.1) is 30.9 Å². The van der Waals surface area contributed by atoms with Crippen LogP contribution in [0.4, 0.5) is 11.6 Å². The topological polar surface area (TPSA) is 121 Å². The predicted octanol–water partition coefficient (Wildman–Crippen LogP) is 3.25. The van der Waals surface area contributed by atoms with Crippen molar-refractivity contribution < 1.29 is 9.66 Å². The molecular formula is C18H20ClN7O3. The van der Waals surface area contributed by atoms with Gasteiger partial charge in [-0.1, -0.05) is 11.6 Å². The average molecular weight is 418 g/mol. The summed E-state index contributed by atoms with van der Waals surface area (Å²) in [6.07, 6.45) is 2.84. The van der Waals surface area contributed by atoms with Gasteiger partial charge in [-0.3, -0.25) is 4.98 Å². The molecule has 0 aliphatic rings. The minimum absolute atomic E-state index is 0.0560. The summed E-state index contributed by atoms with van der Waals surface area (Å²) in [5.41, 5.74) is 1.50. The second-order valence-electron chi connectivity index (χ2n) is 6.28. The molecule has 3 rings (SSSR count). The smallest absolute Gasteiger partial charge is 0.342 e. The number of pyridine rings is 1. The van der Waals surface area contributed by atoms with E-state index in [0.29, 0.717) is 47.0 Å². The average Bonchev–Trinajstić information content (AvgIpc) is 3.05. The second-order valence-corrected chi connectivity index (χ2v) is 6.66. The fourth-order valence-electron chi connectivity index (χ4n) is 2.72. The molecule has 0 aliphatic heterocycles. The summed E-state index contributed by atoms with van der Waals surface area (Å²) in [5.74, 6) is 2.28. The number of anilines is 1. The Labute approximate surface area is 172 Å². The van der Waals surface area contributed by atoms with E-state index in [0.717, 1.165) is 5.69 Å². The highest BCUT2D eigenvalue weighted by molar-refractivity contribution is 6.33. The van der Waals surface area contributed by atoms with Gasteiger partial charge in [-0.15, -0.1) is 0 Å². The molecule has 29 heavy (non-hydrogen) atoms. The summed E-state index contributed by atoms with van der Waals surface area (Å²) >= 11 is 6.22. The minimum Gasteiger partial charge on any atom is -0.488 e. The van der Waals surface area contributed by atoms with Gasteiger partial charge >= 0.3 is 5.82 Å². The molecule has 1 N–H and O–H groups in total. The molecule has 0 aliphatic carbocycles. The van der Waals surface area contributed by atoms with E-state index >= 15 is 0 Å². The van der Waals surface area contributed by atoms with Crippen molar-refractivity contribution in [2.75, 3.05) is 11.9 Å². The van der Waals surface area contributed by atoms with Gasteiger partial charge in [0, 0.05) is 6.92 Å². The van der Waals surface area contributed by atoms with Crippen molar-refractivity contribution in [1.29, 1.82) is 0 Å².